The second-order valence-corrected chi connectivity index (χ2v) is 7.11. The third-order valence-corrected chi connectivity index (χ3v) is 4.56. The summed E-state index contributed by atoms with van der Waals surface area (Å²) < 4.78 is 0.999. The number of para-hydroxylation sites is 1. The summed E-state index contributed by atoms with van der Waals surface area (Å²) in [6, 6.07) is 13.8. The second-order valence-electron chi connectivity index (χ2n) is 6.19. The fourth-order valence-corrected chi connectivity index (χ4v) is 3.08. The fraction of sp³-hybridized carbons (Fsp3) is 0.300. The predicted molar refractivity (Wildman–Crippen MR) is 105 cm³/mol. The van der Waals surface area contributed by atoms with Crippen molar-refractivity contribution in [3.63, 3.8) is 0 Å². The third kappa shape index (κ3) is 5.71. The van der Waals surface area contributed by atoms with E-state index in [9.17, 15) is 9.59 Å². The molecule has 0 atom stereocenters. The van der Waals surface area contributed by atoms with Crippen LogP contribution >= 0.6 is 15.9 Å². The van der Waals surface area contributed by atoms with Crippen LogP contribution in [0.4, 0.5) is 5.69 Å². The van der Waals surface area contributed by atoms with Crippen LogP contribution in [0.25, 0.3) is 0 Å². The van der Waals surface area contributed by atoms with Gasteiger partial charge in [0.25, 0.3) is 0 Å². The number of aryl methyl sites for hydroxylation is 3. The molecule has 2 aromatic rings. The highest BCUT2D eigenvalue weighted by Crippen LogP contribution is 2.19. The molecule has 0 radical (unpaired) electrons. The number of amides is 2. The van der Waals surface area contributed by atoms with Crippen molar-refractivity contribution >= 4 is 33.4 Å². The maximum absolute atomic E-state index is 12.3. The van der Waals surface area contributed by atoms with Gasteiger partial charge in [-0.05, 0) is 49.1 Å². The van der Waals surface area contributed by atoms with Gasteiger partial charge in [-0.3, -0.25) is 9.59 Å². The van der Waals surface area contributed by atoms with Crippen molar-refractivity contribution in [3.05, 3.63) is 63.6 Å². The summed E-state index contributed by atoms with van der Waals surface area (Å²) in [6.07, 6.45) is 1.03. The van der Waals surface area contributed by atoms with E-state index < -0.39 is 0 Å². The molecular formula is C20H23BrN2O2. The van der Waals surface area contributed by atoms with E-state index in [1.54, 1.807) is 7.05 Å². The van der Waals surface area contributed by atoms with Gasteiger partial charge in [0.2, 0.25) is 11.8 Å². The van der Waals surface area contributed by atoms with Gasteiger partial charge in [0.1, 0.15) is 0 Å². The van der Waals surface area contributed by atoms with Crippen LogP contribution in [0, 0.1) is 13.8 Å². The molecule has 0 bridgehead atoms. The van der Waals surface area contributed by atoms with Gasteiger partial charge in [-0.25, -0.2) is 0 Å². The number of rotatable bonds is 6. The molecule has 1 N–H and O–H groups in total. The van der Waals surface area contributed by atoms with Gasteiger partial charge in [-0.15, -0.1) is 0 Å². The molecule has 0 heterocycles. The van der Waals surface area contributed by atoms with Gasteiger partial charge in [0, 0.05) is 23.6 Å². The molecule has 0 spiro atoms. The van der Waals surface area contributed by atoms with Crippen LogP contribution in [-0.2, 0) is 16.0 Å². The highest BCUT2D eigenvalue weighted by atomic mass is 79.9. The number of nitrogens with one attached hydrogen (secondary N) is 1. The quantitative estimate of drug-likeness (QED) is 0.790. The maximum Gasteiger partial charge on any atom is 0.243 e. The fourth-order valence-electron chi connectivity index (χ4n) is 2.63. The number of carbonyl (C=O) groups excluding carboxylic acids is 2. The average molecular weight is 403 g/mol. The standard InChI is InChI=1S/C20H23BrN2O2/c1-14-6-4-7-15(2)20(14)22-18(24)13-23(3)19(25)11-10-16-8-5-9-17(21)12-16/h4-9,12H,10-11,13H2,1-3H3,(H,22,24). The molecule has 0 unspecified atom stereocenters. The molecule has 0 aliphatic carbocycles. The number of anilines is 1. The molecular weight excluding hydrogens is 380 g/mol. The van der Waals surface area contributed by atoms with Gasteiger partial charge in [0.15, 0.2) is 0 Å². The Morgan fingerprint density at radius 3 is 2.36 bits per heavy atom. The molecule has 0 aliphatic heterocycles. The Morgan fingerprint density at radius 2 is 1.72 bits per heavy atom. The van der Waals surface area contributed by atoms with Crippen molar-refractivity contribution in [3.8, 4) is 0 Å². The molecule has 0 fully saturated rings. The summed E-state index contributed by atoms with van der Waals surface area (Å²) in [7, 11) is 1.66. The molecule has 4 nitrogen and oxygen atoms in total. The van der Waals surface area contributed by atoms with Crippen molar-refractivity contribution in [2.45, 2.75) is 26.7 Å². The largest absolute Gasteiger partial charge is 0.336 e. The van der Waals surface area contributed by atoms with E-state index in [0.29, 0.717) is 12.8 Å². The smallest absolute Gasteiger partial charge is 0.243 e. The van der Waals surface area contributed by atoms with Crippen molar-refractivity contribution in [1.82, 2.24) is 4.90 Å². The minimum absolute atomic E-state index is 0.0448. The first kappa shape index (κ1) is 19.2. The molecule has 2 rings (SSSR count). The number of hydrogen-bond donors (Lipinski definition) is 1. The first-order chi connectivity index (χ1) is 11.9. The Labute approximate surface area is 157 Å². The van der Waals surface area contributed by atoms with E-state index >= 15 is 0 Å². The SMILES string of the molecule is Cc1cccc(C)c1NC(=O)CN(C)C(=O)CCc1cccc(Br)c1. The lowest BCUT2D eigenvalue weighted by molar-refractivity contribution is -0.133. The first-order valence-corrected chi connectivity index (χ1v) is 9.00. The molecule has 0 saturated carbocycles. The number of nitrogens with zero attached hydrogens (tertiary/aromatic N) is 1. The molecule has 0 aliphatic rings. The van der Waals surface area contributed by atoms with E-state index in [2.05, 4.69) is 21.2 Å². The summed E-state index contributed by atoms with van der Waals surface area (Å²) >= 11 is 3.43. The lowest BCUT2D eigenvalue weighted by Crippen LogP contribution is -2.35. The highest BCUT2D eigenvalue weighted by Gasteiger charge is 2.14. The van der Waals surface area contributed by atoms with Crippen molar-refractivity contribution in [2.75, 3.05) is 18.9 Å². The van der Waals surface area contributed by atoms with Crippen LogP contribution in [0.3, 0.4) is 0 Å². The van der Waals surface area contributed by atoms with Gasteiger partial charge in [-0.1, -0.05) is 46.3 Å². The van der Waals surface area contributed by atoms with Gasteiger partial charge >= 0.3 is 0 Å². The zero-order chi connectivity index (χ0) is 18.4. The molecule has 132 valence electrons. The summed E-state index contributed by atoms with van der Waals surface area (Å²) in [5, 5.41) is 2.91. The topological polar surface area (TPSA) is 49.4 Å². The second kappa shape index (κ2) is 8.81. The number of benzene rings is 2. The van der Waals surface area contributed by atoms with Crippen molar-refractivity contribution in [1.29, 1.82) is 0 Å². The van der Waals surface area contributed by atoms with Crippen LogP contribution in [0.2, 0.25) is 0 Å². The Balaban J connectivity index is 1.87. The summed E-state index contributed by atoms with van der Waals surface area (Å²) in [6.45, 7) is 3.95. The van der Waals surface area contributed by atoms with Crippen molar-refractivity contribution < 1.29 is 9.59 Å². The van der Waals surface area contributed by atoms with E-state index in [1.807, 2.05) is 56.3 Å². The molecule has 5 heteroatoms. The normalized spacial score (nSPS) is 10.4. The van der Waals surface area contributed by atoms with Gasteiger partial charge in [-0.2, -0.15) is 0 Å². The lowest BCUT2D eigenvalue weighted by atomic mass is 10.1. The van der Waals surface area contributed by atoms with Crippen LogP contribution in [-0.4, -0.2) is 30.3 Å². The van der Waals surface area contributed by atoms with Gasteiger partial charge in [0.05, 0.1) is 6.54 Å². The lowest BCUT2D eigenvalue weighted by Gasteiger charge is -2.18. The first-order valence-electron chi connectivity index (χ1n) is 8.21. The Bertz CT molecular complexity index is 754. The van der Waals surface area contributed by atoms with Crippen LogP contribution in [0.5, 0.6) is 0 Å². The van der Waals surface area contributed by atoms with Crippen molar-refractivity contribution in [2.24, 2.45) is 0 Å². The average Bonchev–Trinajstić information content (AvgIpc) is 2.56. The van der Waals surface area contributed by atoms with E-state index in [4.69, 9.17) is 0 Å². The minimum Gasteiger partial charge on any atom is -0.336 e. The number of likely N-dealkylation sites (N-methyl/N-ethyl adjacent to an activating group) is 1. The summed E-state index contributed by atoms with van der Waals surface area (Å²) in [5.41, 5.74) is 3.94. The Hall–Kier alpha value is -2.14. The molecule has 2 amide bonds. The zero-order valence-corrected chi connectivity index (χ0v) is 16.4. The van der Waals surface area contributed by atoms with Crippen LogP contribution in [0.1, 0.15) is 23.1 Å². The zero-order valence-electron chi connectivity index (χ0n) is 14.8. The summed E-state index contributed by atoms with van der Waals surface area (Å²) in [5.74, 6) is -0.229. The van der Waals surface area contributed by atoms with E-state index in [1.165, 1.54) is 4.90 Å². The molecule has 0 aromatic heterocycles. The Morgan fingerprint density at radius 1 is 1.08 bits per heavy atom. The number of halogens is 1. The van der Waals surface area contributed by atoms with E-state index in [-0.39, 0.29) is 18.4 Å². The van der Waals surface area contributed by atoms with Crippen LogP contribution < -0.4 is 5.32 Å². The van der Waals surface area contributed by atoms with E-state index in [0.717, 1.165) is 26.9 Å². The highest BCUT2D eigenvalue weighted by molar-refractivity contribution is 9.10. The molecule has 0 saturated heterocycles. The monoisotopic (exact) mass is 402 g/mol. The molecule has 2 aromatic carbocycles. The maximum atomic E-state index is 12.3. The summed E-state index contributed by atoms with van der Waals surface area (Å²) in [4.78, 5) is 26.0. The van der Waals surface area contributed by atoms with Gasteiger partial charge < -0.3 is 10.2 Å². The van der Waals surface area contributed by atoms with Crippen LogP contribution in [0.15, 0.2) is 46.9 Å². The minimum atomic E-state index is -0.185. The third-order valence-electron chi connectivity index (χ3n) is 4.07. The number of carbonyl (C=O) groups is 2. The Kier molecular flexibility index (Phi) is 6.76. The predicted octanol–water partition coefficient (Wildman–Crippen LogP) is 4.10. The number of hydrogen-bond acceptors (Lipinski definition) is 2. The molecule has 25 heavy (non-hydrogen) atoms.